The Kier molecular flexibility index (Phi) is 7.72. The molecular formula is C33H30N2O5S2. The predicted molar refractivity (Wildman–Crippen MR) is 167 cm³/mol. The zero-order chi connectivity index (χ0) is 29.3. The molecule has 1 fully saturated rings. The minimum atomic E-state index is -3.74. The molecular weight excluding hydrogens is 569 g/mol. The number of likely N-dealkylation sites (tertiary alicyclic amines) is 1. The largest absolute Gasteiger partial charge is 0.508 e. The summed E-state index contributed by atoms with van der Waals surface area (Å²) >= 11 is 1.41. The first-order valence-electron chi connectivity index (χ1n) is 13.7. The summed E-state index contributed by atoms with van der Waals surface area (Å²) in [6.45, 7) is 2.91. The van der Waals surface area contributed by atoms with Crippen molar-refractivity contribution >= 4 is 42.9 Å². The van der Waals surface area contributed by atoms with Gasteiger partial charge >= 0.3 is 0 Å². The average molecular weight is 599 g/mol. The van der Waals surface area contributed by atoms with Crippen LogP contribution in [0.1, 0.15) is 34.3 Å². The Morgan fingerprint density at radius 1 is 0.952 bits per heavy atom. The lowest BCUT2D eigenvalue weighted by Gasteiger charge is -2.17. The minimum absolute atomic E-state index is 0.118. The predicted octanol–water partition coefficient (Wildman–Crippen LogP) is 6.91. The number of sulfonamides is 1. The second-order valence-corrected chi connectivity index (χ2v) is 13.1. The van der Waals surface area contributed by atoms with Crippen LogP contribution in [0.4, 0.5) is 5.69 Å². The topological polar surface area (TPSA) is 95.9 Å². The van der Waals surface area contributed by atoms with Crippen molar-refractivity contribution in [2.75, 3.05) is 24.9 Å². The van der Waals surface area contributed by atoms with Crippen LogP contribution in [0.15, 0.2) is 95.9 Å². The van der Waals surface area contributed by atoms with E-state index in [1.807, 2.05) is 18.2 Å². The zero-order valence-corrected chi connectivity index (χ0v) is 24.7. The third kappa shape index (κ3) is 5.63. The molecule has 0 spiro atoms. The first kappa shape index (κ1) is 28.0. The van der Waals surface area contributed by atoms with Gasteiger partial charge in [0.25, 0.3) is 10.0 Å². The number of methoxy groups -OCH3 is 1. The summed E-state index contributed by atoms with van der Waals surface area (Å²) < 4.78 is 34.7. The highest BCUT2D eigenvalue weighted by Gasteiger charge is 2.24. The molecule has 1 aromatic heterocycles. The maximum Gasteiger partial charge on any atom is 0.261 e. The molecule has 1 aliphatic rings. The molecule has 2 heterocycles. The van der Waals surface area contributed by atoms with Crippen molar-refractivity contribution in [3.8, 4) is 21.9 Å². The lowest BCUT2D eigenvalue weighted by Crippen LogP contribution is -2.19. The number of phenolic OH excluding ortho intramolecular Hbond substituents is 1. The van der Waals surface area contributed by atoms with Crippen LogP contribution < -0.4 is 9.46 Å². The van der Waals surface area contributed by atoms with Crippen molar-refractivity contribution in [2.45, 2.75) is 24.3 Å². The molecule has 0 unspecified atom stereocenters. The van der Waals surface area contributed by atoms with Crippen molar-refractivity contribution in [2.24, 2.45) is 0 Å². The van der Waals surface area contributed by atoms with Crippen LogP contribution in [0.5, 0.6) is 11.5 Å². The van der Waals surface area contributed by atoms with Gasteiger partial charge in [0.05, 0.1) is 12.0 Å². The number of aromatic hydroxyl groups is 1. The van der Waals surface area contributed by atoms with Gasteiger partial charge in [0.15, 0.2) is 5.78 Å². The van der Waals surface area contributed by atoms with Crippen LogP contribution in [0, 0.1) is 0 Å². The van der Waals surface area contributed by atoms with E-state index in [-0.39, 0.29) is 16.4 Å². The molecule has 0 saturated carbocycles. The molecule has 0 atom stereocenters. The molecule has 42 heavy (non-hydrogen) atoms. The number of rotatable bonds is 9. The number of anilines is 1. The van der Waals surface area contributed by atoms with Gasteiger partial charge in [-0.2, -0.15) is 0 Å². The first-order chi connectivity index (χ1) is 20.3. The number of hydrogen-bond acceptors (Lipinski definition) is 7. The van der Waals surface area contributed by atoms with Gasteiger partial charge in [-0.1, -0.05) is 42.5 Å². The van der Waals surface area contributed by atoms with Crippen molar-refractivity contribution in [3.63, 3.8) is 0 Å². The van der Waals surface area contributed by atoms with E-state index in [9.17, 15) is 18.3 Å². The summed E-state index contributed by atoms with van der Waals surface area (Å²) in [5.41, 5.74) is 3.26. The number of phenols is 1. The number of thiophene rings is 1. The van der Waals surface area contributed by atoms with Gasteiger partial charge in [-0.15, -0.1) is 11.3 Å². The highest BCUT2D eigenvalue weighted by Crippen LogP contribution is 2.42. The molecule has 1 saturated heterocycles. The highest BCUT2D eigenvalue weighted by atomic mass is 32.2. The van der Waals surface area contributed by atoms with Crippen LogP contribution >= 0.6 is 11.3 Å². The molecule has 2 N–H and O–H groups in total. The van der Waals surface area contributed by atoms with Crippen LogP contribution in [0.2, 0.25) is 0 Å². The summed E-state index contributed by atoms with van der Waals surface area (Å²) in [5, 5.41) is 10.9. The third-order valence-corrected chi connectivity index (χ3v) is 10.1. The molecule has 1 aliphatic heterocycles. The van der Waals surface area contributed by atoms with Gasteiger partial charge in [-0.25, -0.2) is 8.42 Å². The van der Waals surface area contributed by atoms with Gasteiger partial charge in [-0.05, 0) is 80.0 Å². The molecule has 4 aromatic carbocycles. The third-order valence-electron chi connectivity index (χ3n) is 7.50. The molecule has 0 amide bonds. The lowest BCUT2D eigenvalue weighted by atomic mass is 9.96. The van der Waals surface area contributed by atoms with Crippen LogP contribution in [-0.4, -0.2) is 44.4 Å². The second kappa shape index (κ2) is 11.6. The second-order valence-electron chi connectivity index (χ2n) is 10.3. The zero-order valence-electron chi connectivity index (χ0n) is 23.0. The normalized spacial score (nSPS) is 13.8. The maximum atomic E-state index is 14.1. The molecule has 7 nitrogen and oxygen atoms in total. The number of fused-ring (bicyclic) bond motifs is 1. The SMILES string of the molecule is COc1cc(C(=O)c2c(-c3ccc(NS(=O)(=O)c4ccccc4)cc3)sc3cc(O)ccc23)ccc1CN1CCCC1. The fourth-order valence-electron chi connectivity index (χ4n) is 5.36. The Hall–Kier alpha value is -4.18. The van der Waals surface area contributed by atoms with E-state index in [1.54, 1.807) is 67.8 Å². The van der Waals surface area contributed by atoms with E-state index >= 15 is 0 Å². The summed E-state index contributed by atoms with van der Waals surface area (Å²) in [4.78, 5) is 17.4. The lowest BCUT2D eigenvalue weighted by molar-refractivity contribution is 0.104. The Labute approximate surface area is 249 Å². The van der Waals surface area contributed by atoms with Crippen LogP contribution in [0.25, 0.3) is 20.5 Å². The number of nitrogens with zero attached hydrogens (tertiary/aromatic N) is 1. The average Bonchev–Trinajstić information content (AvgIpc) is 3.65. The Morgan fingerprint density at radius 2 is 1.69 bits per heavy atom. The number of hydrogen-bond donors (Lipinski definition) is 2. The van der Waals surface area contributed by atoms with E-state index in [2.05, 4.69) is 9.62 Å². The number of carbonyl (C=O) groups is 1. The monoisotopic (exact) mass is 598 g/mol. The number of carbonyl (C=O) groups excluding carboxylic acids is 1. The fourth-order valence-corrected chi connectivity index (χ4v) is 7.68. The van der Waals surface area contributed by atoms with Crippen molar-refractivity contribution in [3.05, 3.63) is 108 Å². The quantitative estimate of drug-likeness (QED) is 0.179. The van der Waals surface area contributed by atoms with Crippen LogP contribution in [0.3, 0.4) is 0 Å². The number of ketones is 1. The van der Waals surface area contributed by atoms with E-state index < -0.39 is 10.0 Å². The van der Waals surface area contributed by atoms with Gasteiger partial charge in [0, 0.05) is 43.9 Å². The van der Waals surface area contributed by atoms with E-state index in [1.165, 1.54) is 36.3 Å². The number of ether oxygens (including phenoxy) is 1. The summed E-state index contributed by atoms with van der Waals surface area (Å²) in [7, 11) is -2.11. The Balaban J connectivity index is 1.35. The van der Waals surface area contributed by atoms with Gasteiger partial charge < -0.3 is 9.84 Å². The molecule has 5 aromatic rings. The van der Waals surface area contributed by atoms with E-state index in [4.69, 9.17) is 4.74 Å². The summed E-state index contributed by atoms with van der Waals surface area (Å²) in [5.74, 6) is 0.649. The molecule has 0 aliphatic carbocycles. The smallest absolute Gasteiger partial charge is 0.261 e. The van der Waals surface area contributed by atoms with Crippen molar-refractivity contribution < 1.29 is 23.1 Å². The number of benzene rings is 4. The van der Waals surface area contributed by atoms with E-state index in [0.717, 1.165) is 45.7 Å². The fraction of sp³-hybridized carbons (Fsp3) is 0.182. The molecule has 214 valence electrons. The van der Waals surface area contributed by atoms with Gasteiger partial charge in [-0.3, -0.25) is 14.4 Å². The number of nitrogens with one attached hydrogen (secondary N) is 1. The van der Waals surface area contributed by atoms with Crippen LogP contribution in [-0.2, 0) is 16.6 Å². The van der Waals surface area contributed by atoms with Crippen molar-refractivity contribution in [1.29, 1.82) is 0 Å². The minimum Gasteiger partial charge on any atom is -0.508 e. The summed E-state index contributed by atoms with van der Waals surface area (Å²) in [6, 6.07) is 25.8. The summed E-state index contributed by atoms with van der Waals surface area (Å²) in [6.07, 6.45) is 2.39. The molecule has 0 radical (unpaired) electrons. The molecule has 9 heteroatoms. The van der Waals surface area contributed by atoms with Gasteiger partial charge in [0.1, 0.15) is 11.5 Å². The van der Waals surface area contributed by atoms with E-state index in [0.29, 0.717) is 22.6 Å². The first-order valence-corrected chi connectivity index (χ1v) is 16.0. The maximum absolute atomic E-state index is 14.1. The Morgan fingerprint density at radius 3 is 2.40 bits per heavy atom. The molecule has 0 bridgehead atoms. The Bertz CT molecular complexity index is 1860. The van der Waals surface area contributed by atoms with Gasteiger partial charge in [0.2, 0.25) is 0 Å². The standard InChI is InChI=1S/C33H30N2O5S2/c1-40-29-19-23(9-10-24(29)21-35-17-5-6-18-35)32(37)31-28-16-15-26(36)20-30(28)41-33(31)22-11-13-25(14-12-22)34-42(38,39)27-7-3-2-4-8-27/h2-4,7-16,19-20,34,36H,5-6,17-18,21H2,1H3. The molecule has 6 rings (SSSR count). The van der Waals surface area contributed by atoms with Crippen molar-refractivity contribution in [1.82, 2.24) is 4.90 Å². The highest BCUT2D eigenvalue weighted by molar-refractivity contribution is 7.92.